The lowest BCUT2D eigenvalue weighted by Crippen LogP contribution is -2.59. The topological polar surface area (TPSA) is 366 Å². The zero-order valence-corrected chi connectivity index (χ0v) is 22.2. The van der Waals surface area contributed by atoms with Gasteiger partial charge in [0, 0.05) is 12.8 Å². The fourth-order valence-electron chi connectivity index (χ4n) is 3.18. The number of nitrogens with two attached hydrogens (primary N) is 1. The third-order valence-electron chi connectivity index (χ3n) is 5.30. The Balaban J connectivity index is 5.95. The number of hydrogen-bond acceptors (Lipinski definition) is 11. The normalized spacial score (nSPS) is 14.0. The largest absolute Gasteiger partial charge is 0.481 e. The van der Waals surface area contributed by atoms with Crippen molar-refractivity contribution in [3.8, 4) is 0 Å². The number of nitrogens with one attached hydrogen (secondary N) is 4. The molecule has 0 aliphatic rings. The first-order valence-corrected chi connectivity index (χ1v) is 12.1. The van der Waals surface area contributed by atoms with E-state index in [0.29, 0.717) is 0 Å². The SMILES string of the molecule is N[C@@H](CCC(=O)O)C(=O)N[C@@H](CC(=O)O)C(=O)N[C@@H](CC(=O)O)C(=O)N[C@@H](CCC(=O)O)C(=O)N[C@@H](CC(=O)O)C(=O)O. The number of aliphatic carboxylic acids is 6. The Hall–Kier alpha value is -5.34. The Morgan fingerprint density at radius 1 is 0.442 bits per heavy atom. The van der Waals surface area contributed by atoms with Gasteiger partial charge in [-0.2, -0.15) is 0 Å². The third-order valence-corrected chi connectivity index (χ3v) is 5.30. The summed E-state index contributed by atoms with van der Waals surface area (Å²) in [6.45, 7) is 0. The van der Waals surface area contributed by atoms with Crippen LogP contribution in [0.2, 0.25) is 0 Å². The molecule has 5 atom stereocenters. The van der Waals surface area contributed by atoms with Crippen LogP contribution in [0.1, 0.15) is 44.9 Å². The molecule has 0 saturated carbocycles. The van der Waals surface area contributed by atoms with Gasteiger partial charge in [-0.05, 0) is 12.8 Å². The van der Waals surface area contributed by atoms with Crippen LogP contribution in [0.3, 0.4) is 0 Å². The Kier molecular flexibility index (Phi) is 15.9. The first kappa shape index (κ1) is 37.7. The van der Waals surface area contributed by atoms with E-state index in [-0.39, 0.29) is 0 Å². The van der Waals surface area contributed by atoms with Gasteiger partial charge in [0.15, 0.2) is 0 Å². The number of carboxylic acids is 6. The number of hydrogen-bond donors (Lipinski definition) is 11. The summed E-state index contributed by atoms with van der Waals surface area (Å²) in [5.41, 5.74) is 5.53. The molecule has 43 heavy (non-hydrogen) atoms. The van der Waals surface area contributed by atoms with E-state index >= 15 is 0 Å². The highest BCUT2D eigenvalue weighted by atomic mass is 16.4. The molecule has 240 valence electrons. The van der Waals surface area contributed by atoms with Crippen LogP contribution in [0.25, 0.3) is 0 Å². The van der Waals surface area contributed by atoms with Gasteiger partial charge in [0.25, 0.3) is 0 Å². The van der Waals surface area contributed by atoms with Crippen LogP contribution in [-0.2, 0) is 47.9 Å². The predicted octanol–water partition coefficient (Wildman–Crippen LogP) is -4.51. The smallest absolute Gasteiger partial charge is 0.326 e. The molecule has 0 aromatic carbocycles. The summed E-state index contributed by atoms with van der Waals surface area (Å²) in [6, 6.07) is -9.42. The average Bonchev–Trinajstić information content (AvgIpc) is 2.86. The van der Waals surface area contributed by atoms with E-state index in [1.807, 2.05) is 16.0 Å². The standard InChI is InChI=1S/C22H31N5O16/c23-8(1-3-13(28)29)18(38)25-10(5-15(32)33)21(41)26-11(6-16(34)35)20(40)24-9(2-4-14(30)31)19(39)27-12(22(42)43)7-17(36)37/h8-12H,1-7,23H2,(H,24,40)(H,25,38)(H,26,41)(H,27,39)(H,28,29)(H,30,31)(H,32,33)(H,34,35)(H,36,37)(H,42,43)/t8-,9-,10-,11-,12-/m0/s1. The molecule has 0 aromatic rings. The van der Waals surface area contributed by atoms with Gasteiger partial charge in [0.05, 0.1) is 25.3 Å². The molecule has 21 heteroatoms. The molecular formula is C22H31N5O16. The molecule has 0 unspecified atom stereocenters. The first-order valence-electron chi connectivity index (χ1n) is 12.1. The number of carboxylic acid groups (broad SMARTS) is 6. The number of rotatable bonds is 21. The third kappa shape index (κ3) is 15.9. The highest BCUT2D eigenvalue weighted by Gasteiger charge is 2.34. The lowest BCUT2D eigenvalue weighted by molar-refractivity contribution is -0.147. The maximum absolute atomic E-state index is 12.9. The molecule has 12 N–H and O–H groups in total. The van der Waals surface area contributed by atoms with Gasteiger partial charge in [-0.1, -0.05) is 0 Å². The van der Waals surface area contributed by atoms with Gasteiger partial charge in [0.2, 0.25) is 23.6 Å². The van der Waals surface area contributed by atoms with Gasteiger partial charge < -0.3 is 57.6 Å². The van der Waals surface area contributed by atoms with Crippen LogP contribution in [0.15, 0.2) is 0 Å². The number of amides is 4. The van der Waals surface area contributed by atoms with Crippen LogP contribution >= 0.6 is 0 Å². The van der Waals surface area contributed by atoms with Gasteiger partial charge in [-0.15, -0.1) is 0 Å². The molecule has 0 radical (unpaired) electrons. The van der Waals surface area contributed by atoms with E-state index in [2.05, 4.69) is 0 Å². The van der Waals surface area contributed by atoms with Gasteiger partial charge in [-0.25, -0.2) is 4.79 Å². The summed E-state index contributed by atoms with van der Waals surface area (Å²) in [5, 5.41) is 61.5. The Morgan fingerprint density at radius 2 is 0.767 bits per heavy atom. The molecule has 0 aliphatic heterocycles. The fourth-order valence-corrected chi connectivity index (χ4v) is 3.18. The van der Waals surface area contributed by atoms with Gasteiger partial charge in [-0.3, -0.25) is 43.2 Å². The summed E-state index contributed by atoms with van der Waals surface area (Å²) in [7, 11) is 0. The maximum atomic E-state index is 12.9. The predicted molar refractivity (Wildman–Crippen MR) is 134 cm³/mol. The monoisotopic (exact) mass is 621 g/mol. The van der Waals surface area contributed by atoms with Crippen LogP contribution in [0, 0.1) is 0 Å². The van der Waals surface area contributed by atoms with Crippen molar-refractivity contribution in [2.45, 2.75) is 75.2 Å². The molecule has 0 saturated heterocycles. The van der Waals surface area contributed by atoms with E-state index < -0.39 is 135 Å². The van der Waals surface area contributed by atoms with Crippen LogP contribution in [-0.4, -0.2) is 120 Å². The number of carbonyl (C=O) groups is 10. The molecular weight excluding hydrogens is 590 g/mol. The van der Waals surface area contributed by atoms with Crippen molar-refractivity contribution in [3.63, 3.8) is 0 Å². The van der Waals surface area contributed by atoms with Crippen LogP contribution < -0.4 is 27.0 Å². The van der Waals surface area contributed by atoms with Crippen LogP contribution in [0.5, 0.6) is 0 Å². The highest BCUT2D eigenvalue weighted by Crippen LogP contribution is 2.05. The molecule has 0 aromatic heterocycles. The lowest BCUT2D eigenvalue weighted by atomic mass is 10.1. The Morgan fingerprint density at radius 3 is 1.16 bits per heavy atom. The van der Waals surface area contributed by atoms with E-state index in [9.17, 15) is 53.1 Å². The molecule has 0 rings (SSSR count). The van der Waals surface area contributed by atoms with E-state index in [1.54, 1.807) is 5.32 Å². The Labute approximate surface area is 240 Å². The second-order valence-electron chi connectivity index (χ2n) is 8.85. The second-order valence-corrected chi connectivity index (χ2v) is 8.85. The summed E-state index contributed by atoms with van der Waals surface area (Å²) >= 11 is 0. The fraction of sp³-hybridized carbons (Fsp3) is 0.545. The molecule has 0 fully saturated rings. The zero-order chi connectivity index (χ0) is 33.4. The number of carbonyl (C=O) groups excluding carboxylic acids is 4. The quantitative estimate of drug-likeness (QED) is 0.0575. The van der Waals surface area contributed by atoms with E-state index in [4.69, 9.17) is 31.3 Å². The summed E-state index contributed by atoms with van der Waals surface area (Å²) in [4.78, 5) is 117. The van der Waals surface area contributed by atoms with Crippen molar-refractivity contribution in [2.75, 3.05) is 0 Å². The molecule has 0 bridgehead atoms. The molecule has 21 nitrogen and oxygen atoms in total. The zero-order valence-electron chi connectivity index (χ0n) is 22.2. The van der Waals surface area contributed by atoms with Crippen molar-refractivity contribution >= 4 is 59.4 Å². The van der Waals surface area contributed by atoms with Crippen molar-refractivity contribution < 1.29 is 78.6 Å². The van der Waals surface area contributed by atoms with Gasteiger partial charge >= 0.3 is 35.8 Å². The van der Waals surface area contributed by atoms with E-state index in [0.717, 1.165) is 0 Å². The minimum Gasteiger partial charge on any atom is -0.481 e. The molecule has 0 aliphatic carbocycles. The summed E-state index contributed by atoms with van der Waals surface area (Å²) in [5.74, 6) is -14.9. The maximum Gasteiger partial charge on any atom is 0.326 e. The summed E-state index contributed by atoms with van der Waals surface area (Å²) in [6.07, 6.45) is -5.84. The molecule has 0 spiro atoms. The highest BCUT2D eigenvalue weighted by molar-refractivity contribution is 5.98. The second kappa shape index (κ2) is 18.2. The van der Waals surface area contributed by atoms with Crippen LogP contribution in [0.4, 0.5) is 0 Å². The van der Waals surface area contributed by atoms with E-state index in [1.165, 1.54) is 0 Å². The van der Waals surface area contributed by atoms with Crippen molar-refractivity contribution in [1.82, 2.24) is 21.3 Å². The minimum atomic E-state index is -2.08. The minimum absolute atomic E-state index is 0.401. The summed E-state index contributed by atoms with van der Waals surface area (Å²) < 4.78 is 0. The first-order chi connectivity index (χ1) is 19.8. The van der Waals surface area contributed by atoms with Crippen molar-refractivity contribution in [3.05, 3.63) is 0 Å². The molecule has 0 heterocycles. The Bertz CT molecular complexity index is 1120. The van der Waals surface area contributed by atoms with Crippen molar-refractivity contribution in [2.24, 2.45) is 5.73 Å². The average molecular weight is 622 g/mol. The van der Waals surface area contributed by atoms with Gasteiger partial charge in [0.1, 0.15) is 24.2 Å². The lowest BCUT2D eigenvalue weighted by Gasteiger charge is -2.25. The van der Waals surface area contributed by atoms with Crippen molar-refractivity contribution in [1.29, 1.82) is 0 Å². The molecule has 4 amide bonds.